The molecule has 0 bridgehead atoms. The Morgan fingerprint density at radius 1 is 0.923 bits per heavy atom. The Morgan fingerprint density at radius 3 is 1.73 bits per heavy atom. The third kappa shape index (κ3) is 16.1. The van der Waals surface area contributed by atoms with Gasteiger partial charge < -0.3 is 9.84 Å². The minimum Gasteiger partial charge on any atom is -0.481 e. The first-order valence-corrected chi connectivity index (χ1v) is 10.6. The average Bonchev–Trinajstić information content (AvgIpc) is 2.58. The van der Waals surface area contributed by atoms with E-state index in [1.54, 1.807) is 0 Å². The van der Waals surface area contributed by atoms with Crippen LogP contribution in [-0.2, 0) is 24.4 Å². The van der Waals surface area contributed by atoms with Crippen LogP contribution in [0.2, 0.25) is 0 Å². The number of hydrogen-bond acceptors (Lipinski definition) is 5. The van der Waals surface area contributed by atoms with Gasteiger partial charge in [-0.15, -0.1) is 13.2 Å². The van der Waals surface area contributed by atoms with Gasteiger partial charge in [0.15, 0.2) is 5.25 Å². The Balaban J connectivity index is 0. The van der Waals surface area contributed by atoms with Gasteiger partial charge >= 0.3 is 11.9 Å². The molecule has 0 saturated carbocycles. The van der Waals surface area contributed by atoms with Gasteiger partial charge in [0.1, 0.15) is 0 Å². The van der Waals surface area contributed by atoms with Crippen LogP contribution in [0.5, 0.6) is 0 Å². The fourth-order valence-corrected chi connectivity index (χ4v) is 2.99. The van der Waals surface area contributed by atoms with Gasteiger partial charge in [-0.25, -0.2) is 0 Å². The Bertz CT molecular complexity index is 474. The average molecular weight is 395 g/mol. The van der Waals surface area contributed by atoms with Crippen LogP contribution in [0, 0.1) is 0 Å². The Morgan fingerprint density at radius 2 is 1.35 bits per heavy atom. The molecular formula is C18H34O7S. The van der Waals surface area contributed by atoms with Crippen LogP contribution < -0.4 is 0 Å². The number of esters is 1. The van der Waals surface area contributed by atoms with Gasteiger partial charge in [-0.1, -0.05) is 64.7 Å². The van der Waals surface area contributed by atoms with Gasteiger partial charge in [0.05, 0.1) is 13.0 Å². The van der Waals surface area contributed by atoms with E-state index < -0.39 is 33.7 Å². The van der Waals surface area contributed by atoms with Crippen molar-refractivity contribution in [1.82, 2.24) is 0 Å². The topological polar surface area (TPSA) is 118 Å². The largest absolute Gasteiger partial charge is 0.481 e. The third-order valence-corrected chi connectivity index (χ3v) is 4.80. The molecule has 1 unspecified atom stereocenters. The molecule has 0 aliphatic rings. The Kier molecular flexibility index (Phi) is 17.6. The number of rotatable bonds is 15. The Labute approximate surface area is 157 Å². The number of carbonyl (C=O) groups excluding carboxylic acids is 1. The molecule has 7 nitrogen and oxygen atoms in total. The van der Waals surface area contributed by atoms with Crippen molar-refractivity contribution in [2.24, 2.45) is 0 Å². The summed E-state index contributed by atoms with van der Waals surface area (Å²) < 4.78 is 35.6. The van der Waals surface area contributed by atoms with Crippen molar-refractivity contribution in [3.05, 3.63) is 13.2 Å². The van der Waals surface area contributed by atoms with E-state index in [4.69, 9.17) is 14.4 Å². The number of carbonyl (C=O) groups is 2. The van der Waals surface area contributed by atoms with E-state index in [0.717, 1.165) is 19.3 Å². The molecule has 0 aromatic rings. The normalized spacial score (nSPS) is 11.9. The number of carboxylic acid groups (broad SMARTS) is 1. The van der Waals surface area contributed by atoms with Gasteiger partial charge in [0, 0.05) is 0 Å². The van der Waals surface area contributed by atoms with Crippen molar-refractivity contribution < 1.29 is 32.4 Å². The lowest BCUT2D eigenvalue weighted by Crippen LogP contribution is -2.34. The number of carboxylic acids is 1. The second-order valence-corrected chi connectivity index (χ2v) is 7.55. The maximum atomic E-state index is 11.6. The van der Waals surface area contributed by atoms with Gasteiger partial charge in [-0.3, -0.25) is 14.1 Å². The third-order valence-electron chi connectivity index (χ3n) is 3.72. The second-order valence-electron chi connectivity index (χ2n) is 5.95. The highest BCUT2D eigenvalue weighted by Crippen LogP contribution is 2.11. The Hall–Kier alpha value is -1.41. The SMILES string of the molecule is C=C.CCCCCCCCCCCCOC(=O)C(CC(=O)O)S(=O)(=O)O. The molecule has 8 heteroatoms. The molecular weight excluding hydrogens is 360 g/mol. The summed E-state index contributed by atoms with van der Waals surface area (Å²) in [6.07, 6.45) is 10.1. The number of ether oxygens (including phenoxy) is 1. The van der Waals surface area contributed by atoms with E-state index in [2.05, 4.69) is 20.1 Å². The lowest BCUT2D eigenvalue weighted by molar-refractivity contribution is -0.147. The molecule has 0 aromatic heterocycles. The van der Waals surface area contributed by atoms with E-state index >= 15 is 0 Å². The van der Waals surface area contributed by atoms with Crippen LogP contribution in [0.4, 0.5) is 0 Å². The molecule has 0 spiro atoms. The molecule has 0 heterocycles. The summed E-state index contributed by atoms with van der Waals surface area (Å²) in [4.78, 5) is 22.1. The van der Waals surface area contributed by atoms with Crippen LogP contribution in [-0.4, -0.2) is 41.9 Å². The van der Waals surface area contributed by atoms with Crippen molar-refractivity contribution in [3.63, 3.8) is 0 Å². The molecule has 0 fully saturated rings. The first kappa shape index (κ1) is 26.8. The molecule has 0 rings (SSSR count). The predicted octanol–water partition coefficient (Wildman–Crippen LogP) is 3.98. The van der Waals surface area contributed by atoms with Crippen LogP contribution in [0.1, 0.15) is 77.6 Å². The van der Waals surface area contributed by atoms with Gasteiger partial charge in [-0.05, 0) is 6.42 Å². The van der Waals surface area contributed by atoms with Crippen LogP contribution in [0.25, 0.3) is 0 Å². The molecule has 2 N–H and O–H groups in total. The summed E-state index contributed by atoms with van der Waals surface area (Å²) in [6.45, 7) is 8.22. The molecule has 0 radical (unpaired) electrons. The maximum absolute atomic E-state index is 11.6. The molecule has 0 aliphatic heterocycles. The second kappa shape index (κ2) is 17.0. The molecule has 154 valence electrons. The fraction of sp³-hybridized carbons (Fsp3) is 0.778. The highest BCUT2D eigenvalue weighted by molar-refractivity contribution is 7.87. The molecule has 26 heavy (non-hydrogen) atoms. The van der Waals surface area contributed by atoms with Gasteiger partial charge in [0.2, 0.25) is 0 Å². The summed E-state index contributed by atoms with van der Waals surface area (Å²) in [5.41, 5.74) is 0. The maximum Gasteiger partial charge on any atom is 0.327 e. The zero-order valence-corrected chi connectivity index (χ0v) is 16.6. The van der Waals surface area contributed by atoms with E-state index in [0.29, 0.717) is 6.42 Å². The summed E-state index contributed by atoms with van der Waals surface area (Å²) in [7, 11) is -4.78. The summed E-state index contributed by atoms with van der Waals surface area (Å²) in [5, 5.41) is 6.52. The summed E-state index contributed by atoms with van der Waals surface area (Å²) >= 11 is 0. The quantitative estimate of drug-likeness (QED) is 0.187. The van der Waals surface area contributed by atoms with Crippen molar-refractivity contribution in [2.75, 3.05) is 6.61 Å². The molecule has 1 atom stereocenters. The van der Waals surface area contributed by atoms with Crippen molar-refractivity contribution in [2.45, 2.75) is 82.8 Å². The zero-order chi connectivity index (χ0) is 20.4. The van der Waals surface area contributed by atoms with Crippen molar-refractivity contribution in [1.29, 1.82) is 0 Å². The van der Waals surface area contributed by atoms with E-state index in [9.17, 15) is 18.0 Å². The van der Waals surface area contributed by atoms with Crippen LogP contribution in [0.3, 0.4) is 0 Å². The van der Waals surface area contributed by atoms with E-state index in [1.165, 1.54) is 38.5 Å². The van der Waals surface area contributed by atoms with E-state index in [1.807, 2.05) is 0 Å². The van der Waals surface area contributed by atoms with Crippen LogP contribution >= 0.6 is 0 Å². The number of aliphatic carboxylic acids is 1. The van der Waals surface area contributed by atoms with Crippen molar-refractivity contribution >= 4 is 22.1 Å². The lowest BCUT2D eigenvalue weighted by atomic mass is 10.1. The highest BCUT2D eigenvalue weighted by Gasteiger charge is 2.34. The minimum atomic E-state index is -4.78. The molecule has 0 saturated heterocycles. The van der Waals surface area contributed by atoms with Gasteiger partial charge in [0.25, 0.3) is 10.1 Å². The standard InChI is InChI=1S/C16H30O7S.C2H4/c1-2-3-4-5-6-7-8-9-10-11-12-23-16(19)14(13-15(17)18)24(20,21)22;1-2/h14H,2-13H2,1H3,(H,17,18)(H,20,21,22);1-2H2. The minimum absolute atomic E-state index is 0.0287. The summed E-state index contributed by atoms with van der Waals surface area (Å²) in [5.74, 6) is -2.70. The monoisotopic (exact) mass is 394 g/mol. The van der Waals surface area contributed by atoms with Crippen LogP contribution in [0.15, 0.2) is 13.2 Å². The number of hydrogen-bond donors (Lipinski definition) is 2. The molecule has 0 aromatic carbocycles. The number of unbranched alkanes of at least 4 members (excludes halogenated alkanes) is 9. The molecule has 0 amide bonds. The summed E-state index contributed by atoms with van der Waals surface area (Å²) in [6, 6.07) is 0. The zero-order valence-electron chi connectivity index (χ0n) is 15.8. The van der Waals surface area contributed by atoms with Crippen molar-refractivity contribution in [3.8, 4) is 0 Å². The first-order chi connectivity index (χ1) is 12.3. The van der Waals surface area contributed by atoms with E-state index in [-0.39, 0.29) is 6.61 Å². The lowest BCUT2D eigenvalue weighted by Gasteiger charge is -2.11. The van der Waals surface area contributed by atoms with Gasteiger partial charge in [-0.2, -0.15) is 8.42 Å². The predicted molar refractivity (Wildman–Crippen MR) is 102 cm³/mol. The fourth-order valence-electron chi connectivity index (χ4n) is 2.32. The highest BCUT2D eigenvalue weighted by atomic mass is 32.2. The molecule has 0 aliphatic carbocycles. The smallest absolute Gasteiger partial charge is 0.327 e. The first-order valence-electron chi connectivity index (χ1n) is 9.13.